The van der Waals surface area contributed by atoms with Gasteiger partial charge in [0.05, 0.1) is 11.6 Å². The zero-order valence-electron chi connectivity index (χ0n) is 15.0. The Morgan fingerprint density at radius 1 is 1.04 bits per heavy atom. The highest BCUT2D eigenvalue weighted by Crippen LogP contribution is 2.33. The first kappa shape index (κ1) is 16.9. The summed E-state index contributed by atoms with van der Waals surface area (Å²) in [6, 6.07) is 18.7. The number of hydrogen-bond donors (Lipinski definition) is 1. The molecule has 1 aliphatic heterocycles. The van der Waals surface area contributed by atoms with Crippen LogP contribution in [-0.2, 0) is 0 Å². The van der Waals surface area contributed by atoms with Crippen molar-refractivity contribution in [3.05, 3.63) is 77.5 Å². The van der Waals surface area contributed by atoms with Crippen LogP contribution in [-0.4, -0.2) is 41.8 Å². The second-order valence-corrected chi connectivity index (χ2v) is 6.79. The lowest BCUT2D eigenvalue weighted by atomic mass is 9.93. The molecule has 1 saturated heterocycles. The number of piperazine rings is 1. The lowest BCUT2D eigenvalue weighted by Gasteiger charge is -2.36. The second-order valence-electron chi connectivity index (χ2n) is 6.79. The van der Waals surface area contributed by atoms with Crippen LogP contribution in [0.3, 0.4) is 0 Å². The van der Waals surface area contributed by atoms with E-state index >= 15 is 0 Å². The van der Waals surface area contributed by atoms with Crippen LogP contribution in [0.4, 0.5) is 0 Å². The van der Waals surface area contributed by atoms with E-state index in [-0.39, 0.29) is 11.8 Å². The summed E-state index contributed by atoms with van der Waals surface area (Å²) in [5.41, 5.74) is 4.23. The molecule has 132 valence electrons. The molecule has 4 heteroatoms. The number of fused-ring (bicyclic) bond motifs is 1. The van der Waals surface area contributed by atoms with Crippen LogP contribution in [0, 0.1) is 0 Å². The Labute approximate surface area is 153 Å². The molecular weight excluding hydrogens is 322 g/mol. The summed E-state index contributed by atoms with van der Waals surface area (Å²) in [5.74, 6) is 0.0992. The van der Waals surface area contributed by atoms with Crippen molar-refractivity contribution in [1.82, 2.24) is 15.2 Å². The molecule has 2 heterocycles. The molecule has 1 aliphatic rings. The van der Waals surface area contributed by atoms with Crippen LogP contribution >= 0.6 is 0 Å². The molecule has 3 aromatic rings. The molecule has 1 fully saturated rings. The highest BCUT2D eigenvalue weighted by atomic mass is 16.1. The normalized spacial score (nSPS) is 16.5. The van der Waals surface area contributed by atoms with Crippen molar-refractivity contribution in [3.8, 4) is 0 Å². The number of pyridine rings is 1. The van der Waals surface area contributed by atoms with Crippen molar-refractivity contribution in [2.24, 2.45) is 0 Å². The number of benzene rings is 2. The Morgan fingerprint density at radius 2 is 1.77 bits per heavy atom. The van der Waals surface area contributed by atoms with E-state index < -0.39 is 0 Å². The van der Waals surface area contributed by atoms with Crippen LogP contribution in [0.25, 0.3) is 10.9 Å². The maximum atomic E-state index is 11.6. The third-order valence-corrected chi connectivity index (χ3v) is 5.11. The van der Waals surface area contributed by atoms with Crippen LogP contribution in [0.5, 0.6) is 0 Å². The largest absolute Gasteiger partial charge is 0.314 e. The van der Waals surface area contributed by atoms with Crippen molar-refractivity contribution in [2.75, 3.05) is 26.2 Å². The molecule has 0 bridgehead atoms. The number of carbonyl (C=O) groups is 1. The first-order valence-electron chi connectivity index (χ1n) is 9.13. The first-order chi connectivity index (χ1) is 12.7. The van der Waals surface area contributed by atoms with Gasteiger partial charge in [0.15, 0.2) is 5.78 Å². The van der Waals surface area contributed by atoms with Crippen molar-refractivity contribution >= 4 is 16.7 Å². The number of hydrogen-bond acceptors (Lipinski definition) is 4. The number of ketones is 1. The van der Waals surface area contributed by atoms with Crippen molar-refractivity contribution < 1.29 is 4.79 Å². The van der Waals surface area contributed by atoms with Gasteiger partial charge in [-0.05, 0) is 18.6 Å². The third kappa shape index (κ3) is 3.26. The standard InChI is InChI=1S/C22H23N3O/c1-16(26)17-7-9-19(10-8-17)22(25-14-12-23-13-15-25)20-6-2-4-18-5-3-11-24-21(18)20/h2-11,22-23H,12-15H2,1H3. The SMILES string of the molecule is CC(=O)c1ccc(C(c2cccc3cccnc23)N2CCNCC2)cc1. The summed E-state index contributed by atoms with van der Waals surface area (Å²) in [7, 11) is 0. The predicted octanol–water partition coefficient (Wildman–Crippen LogP) is 3.43. The van der Waals surface area contributed by atoms with E-state index in [0.717, 1.165) is 42.6 Å². The van der Waals surface area contributed by atoms with Gasteiger partial charge in [0.1, 0.15) is 0 Å². The van der Waals surface area contributed by atoms with Gasteiger partial charge in [0, 0.05) is 48.9 Å². The zero-order chi connectivity index (χ0) is 17.9. The Morgan fingerprint density at radius 3 is 2.50 bits per heavy atom. The van der Waals surface area contributed by atoms with E-state index in [1.807, 2.05) is 24.4 Å². The summed E-state index contributed by atoms with van der Waals surface area (Å²) in [5, 5.41) is 4.59. The van der Waals surface area contributed by atoms with E-state index in [9.17, 15) is 4.79 Å². The molecule has 4 nitrogen and oxygen atoms in total. The molecule has 1 unspecified atom stereocenters. The molecule has 26 heavy (non-hydrogen) atoms. The third-order valence-electron chi connectivity index (χ3n) is 5.11. The Kier molecular flexibility index (Phi) is 4.78. The fraction of sp³-hybridized carbons (Fsp3) is 0.273. The molecule has 0 saturated carbocycles. The van der Waals surface area contributed by atoms with Gasteiger partial charge in [-0.3, -0.25) is 14.7 Å². The minimum absolute atomic E-state index is 0.0992. The first-order valence-corrected chi connectivity index (χ1v) is 9.13. The van der Waals surface area contributed by atoms with Gasteiger partial charge < -0.3 is 5.32 Å². The lowest BCUT2D eigenvalue weighted by molar-refractivity contribution is 0.101. The van der Waals surface area contributed by atoms with Crippen LogP contribution in [0.2, 0.25) is 0 Å². The average Bonchev–Trinajstić information content (AvgIpc) is 2.70. The molecule has 2 aromatic carbocycles. The fourth-order valence-corrected chi connectivity index (χ4v) is 3.78. The van der Waals surface area contributed by atoms with Gasteiger partial charge in [0.25, 0.3) is 0 Å². The van der Waals surface area contributed by atoms with Gasteiger partial charge in [-0.25, -0.2) is 0 Å². The minimum atomic E-state index is 0.0992. The Balaban J connectivity index is 1.83. The van der Waals surface area contributed by atoms with Gasteiger partial charge in [-0.2, -0.15) is 0 Å². The van der Waals surface area contributed by atoms with E-state index in [0.29, 0.717) is 0 Å². The van der Waals surface area contributed by atoms with Crippen molar-refractivity contribution in [3.63, 3.8) is 0 Å². The Hall–Kier alpha value is -2.56. The predicted molar refractivity (Wildman–Crippen MR) is 104 cm³/mol. The van der Waals surface area contributed by atoms with Gasteiger partial charge in [-0.15, -0.1) is 0 Å². The number of aromatic nitrogens is 1. The number of nitrogens with zero attached hydrogens (tertiary/aromatic N) is 2. The van der Waals surface area contributed by atoms with Crippen LogP contribution < -0.4 is 5.32 Å². The number of Topliss-reactive ketones (excluding diaryl/α,β-unsaturated/α-hetero) is 1. The van der Waals surface area contributed by atoms with E-state index in [1.165, 1.54) is 11.1 Å². The molecule has 1 aromatic heterocycles. The van der Waals surface area contributed by atoms with Gasteiger partial charge >= 0.3 is 0 Å². The Bertz CT molecular complexity index is 909. The summed E-state index contributed by atoms with van der Waals surface area (Å²) in [6.45, 7) is 5.56. The van der Waals surface area contributed by atoms with Crippen LogP contribution in [0.1, 0.15) is 34.5 Å². The number of carbonyl (C=O) groups excluding carboxylic acids is 1. The van der Waals surface area contributed by atoms with Crippen LogP contribution in [0.15, 0.2) is 60.8 Å². The zero-order valence-corrected chi connectivity index (χ0v) is 15.0. The molecule has 1 atom stereocenters. The van der Waals surface area contributed by atoms with E-state index in [2.05, 4.69) is 51.6 Å². The summed E-state index contributed by atoms with van der Waals surface area (Å²) < 4.78 is 0. The van der Waals surface area contributed by atoms with E-state index in [1.54, 1.807) is 6.92 Å². The van der Waals surface area contributed by atoms with Crippen molar-refractivity contribution in [2.45, 2.75) is 13.0 Å². The number of para-hydroxylation sites is 1. The minimum Gasteiger partial charge on any atom is -0.314 e. The fourth-order valence-electron chi connectivity index (χ4n) is 3.78. The summed E-state index contributed by atoms with van der Waals surface area (Å²) in [6.07, 6.45) is 1.86. The average molecular weight is 345 g/mol. The molecule has 0 aliphatic carbocycles. The second kappa shape index (κ2) is 7.36. The lowest BCUT2D eigenvalue weighted by Crippen LogP contribution is -2.45. The molecule has 1 N–H and O–H groups in total. The van der Waals surface area contributed by atoms with Gasteiger partial charge in [-0.1, -0.05) is 48.5 Å². The summed E-state index contributed by atoms with van der Waals surface area (Å²) in [4.78, 5) is 18.8. The summed E-state index contributed by atoms with van der Waals surface area (Å²) >= 11 is 0. The highest BCUT2D eigenvalue weighted by Gasteiger charge is 2.25. The maximum absolute atomic E-state index is 11.6. The molecule has 0 radical (unpaired) electrons. The smallest absolute Gasteiger partial charge is 0.159 e. The quantitative estimate of drug-likeness (QED) is 0.736. The highest BCUT2D eigenvalue weighted by molar-refractivity contribution is 5.94. The molecule has 0 spiro atoms. The molecular formula is C22H23N3O. The van der Waals surface area contributed by atoms with Gasteiger partial charge in [0.2, 0.25) is 0 Å². The monoisotopic (exact) mass is 345 g/mol. The molecule has 4 rings (SSSR count). The topological polar surface area (TPSA) is 45.2 Å². The van der Waals surface area contributed by atoms with E-state index in [4.69, 9.17) is 0 Å². The maximum Gasteiger partial charge on any atom is 0.159 e. The number of rotatable bonds is 4. The van der Waals surface area contributed by atoms with Crippen molar-refractivity contribution in [1.29, 1.82) is 0 Å². The molecule has 0 amide bonds. The number of nitrogens with one attached hydrogen (secondary N) is 1.